The Labute approximate surface area is 159 Å². The van der Waals surface area contributed by atoms with Crippen LogP contribution in [0.2, 0.25) is 0 Å². The molecule has 0 radical (unpaired) electrons. The van der Waals surface area contributed by atoms with E-state index in [2.05, 4.69) is 61.1 Å². The number of pyridine rings is 1. The lowest BCUT2D eigenvalue weighted by atomic mass is 9.94. The molecule has 0 aliphatic heterocycles. The zero-order valence-electron chi connectivity index (χ0n) is 16.1. The van der Waals surface area contributed by atoms with Crippen LogP contribution in [0.15, 0.2) is 55.1 Å². The van der Waals surface area contributed by atoms with E-state index >= 15 is 0 Å². The highest BCUT2D eigenvalue weighted by Gasteiger charge is 2.13. The van der Waals surface area contributed by atoms with E-state index in [-0.39, 0.29) is 0 Å². The van der Waals surface area contributed by atoms with Crippen molar-refractivity contribution in [3.05, 3.63) is 71.8 Å². The van der Waals surface area contributed by atoms with Crippen molar-refractivity contribution in [2.75, 3.05) is 0 Å². The molecule has 0 atom stereocenters. The van der Waals surface area contributed by atoms with E-state index in [1.165, 1.54) is 16.7 Å². The summed E-state index contributed by atoms with van der Waals surface area (Å²) in [4.78, 5) is 13.8. The van der Waals surface area contributed by atoms with Gasteiger partial charge >= 0.3 is 0 Å². The quantitative estimate of drug-likeness (QED) is 0.495. The summed E-state index contributed by atoms with van der Waals surface area (Å²) in [6, 6.07) is 10.8. The Bertz CT molecular complexity index is 1060. The first-order valence-corrected chi connectivity index (χ1v) is 9.64. The van der Waals surface area contributed by atoms with Crippen LogP contribution in [-0.2, 0) is 19.3 Å². The Morgan fingerprint density at radius 1 is 0.815 bits per heavy atom. The van der Waals surface area contributed by atoms with Gasteiger partial charge in [0.1, 0.15) is 0 Å². The number of hydrogen-bond donors (Lipinski definition) is 0. The Morgan fingerprint density at radius 3 is 2.15 bits per heavy atom. The molecular formula is C23H24N4. The molecule has 0 aliphatic carbocycles. The smallest absolute Gasteiger partial charge is 0.234 e. The third-order valence-corrected chi connectivity index (χ3v) is 5.15. The zero-order valence-corrected chi connectivity index (χ0v) is 16.1. The normalized spacial score (nSPS) is 11.2. The molecule has 0 saturated heterocycles. The van der Waals surface area contributed by atoms with Gasteiger partial charge in [-0.2, -0.15) is 0 Å². The average Bonchev–Trinajstić information content (AvgIpc) is 3.16. The predicted octanol–water partition coefficient (Wildman–Crippen LogP) is 5.17. The monoisotopic (exact) mass is 356 g/mol. The van der Waals surface area contributed by atoms with E-state index in [9.17, 15) is 0 Å². The predicted molar refractivity (Wildman–Crippen MR) is 110 cm³/mol. The second kappa shape index (κ2) is 7.31. The van der Waals surface area contributed by atoms with Crippen molar-refractivity contribution in [1.82, 2.24) is 19.5 Å². The maximum atomic E-state index is 4.81. The molecule has 0 bridgehead atoms. The molecule has 27 heavy (non-hydrogen) atoms. The van der Waals surface area contributed by atoms with E-state index < -0.39 is 0 Å². The summed E-state index contributed by atoms with van der Waals surface area (Å²) in [5, 5.41) is 1.15. The van der Waals surface area contributed by atoms with Crippen LogP contribution >= 0.6 is 0 Å². The molecule has 0 amide bonds. The third kappa shape index (κ3) is 3.12. The molecule has 0 aliphatic rings. The van der Waals surface area contributed by atoms with Crippen LogP contribution in [0.3, 0.4) is 0 Å². The maximum absolute atomic E-state index is 4.81. The van der Waals surface area contributed by atoms with Crippen LogP contribution in [0.1, 0.15) is 37.5 Å². The molecule has 0 unspecified atom stereocenters. The van der Waals surface area contributed by atoms with E-state index in [0.29, 0.717) is 5.95 Å². The molecule has 4 aromatic rings. The van der Waals surface area contributed by atoms with Gasteiger partial charge in [-0.05, 0) is 48.1 Å². The summed E-state index contributed by atoms with van der Waals surface area (Å²) < 4.78 is 2.00. The molecule has 4 nitrogen and oxygen atoms in total. The second-order valence-electron chi connectivity index (χ2n) is 6.72. The van der Waals surface area contributed by atoms with Gasteiger partial charge in [-0.3, -0.25) is 9.55 Å². The van der Waals surface area contributed by atoms with Crippen molar-refractivity contribution in [2.45, 2.75) is 40.0 Å². The fourth-order valence-corrected chi connectivity index (χ4v) is 3.57. The van der Waals surface area contributed by atoms with Gasteiger partial charge in [0.2, 0.25) is 5.95 Å². The molecule has 0 fully saturated rings. The van der Waals surface area contributed by atoms with Gasteiger partial charge in [0, 0.05) is 29.5 Å². The number of aromatic nitrogens is 4. The van der Waals surface area contributed by atoms with Gasteiger partial charge in [-0.15, -0.1) is 0 Å². The third-order valence-electron chi connectivity index (χ3n) is 5.15. The van der Waals surface area contributed by atoms with Crippen molar-refractivity contribution in [3.63, 3.8) is 0 Å². The largest absolute Gasteiger partial charge is 0.284 e. The topological polar surface area (TPSA) is 43.6 Å². The van der Waals surface area contributed by atoms with E-state index in [0.717, 1.165) is 41.4 Å². The standard InChI is InChI=1S/C23H24N4/c1-4-16-13-25-23(26-14-16)27-11-10-19-12-20(24-15-21(19)27)22-17(5-2)8-7-9-18(22)6-3/h7-15H,4-6H2,1-3H3. The van der Waals surface area contributed by atoms with Crippen LogP contribution in [0.4, 0.5) is 0 Å². The van der Waals surface area contributed by atoms with Crippen LogP contribution in [0.25, 0.3) is 28.1 Å². The summed E-state index contributed by atoms with van der Waals surface area (Å²) in [5.74, 6) is 0.681. The first-order valence-electron chi connectivity index (χ1n) is 9.64. The van der Waals surface area contributed by atoms with Gasteiger partial charge in [0.05, 0.1) is 17.4 Å². The number of aryl methyl sites for hydroxylation is 3. The van der Waals surface area contributed by atoms with Crippen molar-refractivity contribution in [2.24, 2.45) is 0 Å². The van der Waals surface area contributed by atoms with Crippen LogP contribution in [0, 0.1) is 0 Å². The zero-order chi connectivity index (χ0) is 18.8. The Balaban J connectivity index is 1.81. The lowest BCUT2D eigenvalue weighted by molar-refractivity contribution is 0.934. The number of fused-ring (bicyclic) bond motifs is 1. The van der Waals surface area contributed by atoms with Crippen LogP contribution in [-0.4, -0.2) is 19.5 Å². The van der Waals surface area contributed by atoms with Crippen LogP contribution < -0.4 is 0 Å². The fourth-order valence-electron chi connectivity index (χ4n) is 3.57. The highest BCUT2D eigenvalue weighted by Crippen LogP contribution is 2.30. The number of hydrogen-bond acceptors (Lipinski definition) is 3. The SMILES string of the molecule is CCc1cnc(-n2ccc3cc(-c4c(CC)cccc4CC)ncc32)nc1. The fraction of sp³-hybridized carbons (Fsp3) is 0.261. The average molecular weight is 356 g/mol. The van der Waals surface area contributed by atoms with E-state index in [1.54, 1.807) is 0 Å². The summed E-state index contributed by atoms with van der Waals surface area (Å²) >= 11 is 0. The molecule has 0 saturated carbocycles. The minimum Gasteiger partial charge on any atom is -0.284 e. The molecule has 3 heterocycles. The molecule has 136 valence electrons. The number of nitrogens with zero attached hydrogens (tertiary/aromatic N) is 4. The summed E-state index contributed by atoms with van der Waals surface area (Å²) in [7, 11) is 0. The number of rotatable bonds is 5. The molecule has 0 N–H and O–H groups in total. The van der Waals surface area contributed by atoms with E-state index in [1.807, 2.05) is 29.4 Å². The Kier molecular flexibility index (Phi) is 4.71. The molecule has 3 aromatic heterocycles. The highest BCUT2D eigenvalue weighted by atomic mass is 15.1. The lowest BCUT2D eigenvalue weighted by Gasteiger charge is -2.13. The van der Waals surface area contributed by atoms with Gasteiger partial charge in [0.25, 0.3) is 0 Å². The first-order chi connectivity index (χ1) is 13.2. The van der Waals surface area contributed by atoms with Crippen molar-refractivity contribution >= 4 is 10.9 Å². The molecular weight excluding hydrogens is 332 g/mol. The Hall–Kier alpha value is -3.01. The number of benzene rings is 1. The molecule has 4 rings (SSSR count). The first kappa shape index (κ1) is 17.4. The summed E-state index contributed by atoms with van der Waals surface area (Å²) in [6.45, 7) is 6.50. The van der Waals surface area contributed by atoms with Gasteiger partial charge in [0.15, 0.2) is 0 Å². The molecule has 4 heteroatoms. The lowest BCUT2D eigenvalue weighted by Crippen LogP contribution is -2.01. The summed E-state index contributed by atoms with van der Waals surface area (Å²) in [6.07, 6.45) is 10.7. The molecule has 0 spiro atoms. The van der Waals surface area contributed by atoms with Crippen molar-refractivity contribution < 1.29 is 0 Å². The second-order valence-corrected chi connectivity index (χ2v) is 6.72. The Morgan fingerprint density at radius 2 is 1.52 bits per heavy atom. The highest BCUT2D eigenvalue weighted by molar-refractivity contribution is 5.85. The maximum Gasteiger partial charge on any atom is 0.234 e. The minimum absolute atomic E-state index is 0.681. The summed E-state index contributed by atoms with van der Waals surface area (Å²) in [5.41, 5.74) is 7.17. The minimum atomic E-state index is 0.681. The van der Waals surface area contributed by atoms with E-state index in [4.69, 9.17) is 4.98 Å². The molecule has 1 aromatic carbocycles. The van der Waals surface area contributed by atoms with Crippen LogP contribution in [0.5, 0.6) is 0 Å². The van der Waals surface area contributed by atoms with Gasteiger partial charge < -0.3 is 0 Å². The van der Waals surface area contributed by atoms with Crippen molar-refractivity contribution in [3.8, 4) is 17.2 Å². The van der Waals surface area contributed by atoms with Crippen molar-refractivity contribution in [1.29, 1.82) is 0 Å². The van der Waals surface area contributed by atoms with Gasteiger partial charge in [-0.1, -0.05) is 39.0 Å². The van der Waals surface area contributed by atoms with Gasteiger partial charge in [-0.25, -0.2) is 9.97 Å².